The van der Waals surface area contributed by atoms with E-state index >= 15 is 0 Å². The normalized spacial score (nSPS) is 10.2. The van der Waals surface area contributed by atoms with Crippen molar-refractivity contribution in [3.05, 3.63) is 62.8 Å². The molecule has 1 amide bonds. The average molecular weight is 373 g/mol. The summed E-state index contributed by atoms with van der Waals surface area (Å²) in [4.78, 5) is 22.8. The highest BCUT2D eigenvalue weighted by atomic mass is 79.9. The van der Waals surface area contributed by atoms with Crippen molar-refractivity contribution in [3.8, 4) is 0 Å². The lowest BCUT2D eigenvalue weighted by molar-refractivity contribution is 0.0696. The molecule has 2 aromatic carbocycles. The van der Waals surface area contributed by atoms with Gasteiger partial charge in [0.2, 0.25) is 0 Å². The Morgan fingerprint density at radius 2 is 1.86 bits per heavy atom. The monoisotopic (exact) mass is 371 g/mol. The van der Waals surface area contributed by atoms with Gasteiger partial charge in [0.15, 0.2) is 0 Å². The SMILES string of the molecule is O=C(O)c1ccc(NC(=O)c2cc(F)cc(Br)c2)c(Cl)c1. The molecule has 7 heteroatoms. The van der Waals surface area contributed by atoms with Crippen LogP contribution in [0.15, 0.2) is 40.9 Å². The lowest BCUT2D eigenvalue weighted by atomic mass is 10.1. The molecule has 4 nitrogen and oxygen atoms in total. The Hall–Kier alpha value is -1.92. The van der Waals surface area contributed by atoms with E-state index in [9.17, 15) is 14.0 Å². The van der Waals surface area contributed by atoms with Crippen LogP contribution in [0, 0.1) is 5.82 Å². The summed E-state index contributed by atoms with van der Waals surface area (Å²) in [6.07, 6.45) is 0. The number of hydrogen-bond acceptors (Lipinski definition) is 2. The van der Waals surface area contributed by atoms with E-state index in [1.54, 1.807) is 0 Å². The van der Waals surface area contributed by atoms with E-state index in [2.05, 4.69) is 21.2 Å². The summed E-state index contributed by atoms with van der Waals surface area (Å²) in [7, 11) is 0. The zero-order chi connectivity index (χ0) is 15.6. The smallest absolute Gasteiger partial charge is 0.335 e. The second-order valence-electron chi connectivity index (χ2n) is 4.11. The summed E-state index contributed by atoms with van der Waals surface area (Å²) < 4.78 is 13.7. The minimum absolute atomic E-state index is 0.00602. The van der Waals surface area contributed by atoms with E-state index < -0.39 is 17.7 Å². The first-order valence-electron chi connectivity index (χ1n) is 5.67. The number of carbonyl (C=O) groups is 2. The lowest BCUT2D eigenvalue weighted by Gasteiger charge is -2.08. The molecule has 0 saturated carbocycles. The van der Waals surface area contributed by atoms with Crippen LogP contribution in [0.3, 0.4) is 0 Å². The summed E-state index contributed by atoms with van der Waals surface area (Å²) in [6.45, 7) is 0. The van der Waals surface area contributed by atoms with Crippen molar-refractivity contribution in [2.24, 2.45) is 0 Å². The van der Waals surface area contributed by atoms with E-state index in [-0.39, 0.29) is 21.8 Å². The maximum Gasteiger partial charge on any atom is 0.335 e. The van der Waals surface area contributed by atoms with Gasteiger partial charge in [-0.15, -0.1) is 0 Å². The Morgan fingerprint density at radius 1 is 1.14 bits per heavy atom. The Kier molecular flexibility index (Phi) is 4.59. The second-order valence-corrected chi connectivity index (χ2v) is 5.43. The topological polar surface area (TPSA) is 66.4 Å². The van der Waals surface area contributed by atoms with Gasteiger partial charge in [-0.1, -0.05) is 27.5 Å². The van der Waals surface area contributed by atoms with Gasteiger partial charge in [-0.05, 0) is 36.4 Å². The highest BCUT2D eigenvalue weighted by Gasteiger charge is 2.12. The van der Waals surface area contributed by atoms with E-state index in [0.29, 0.717) is 4.47 Å². The molecule has 0 bridgehead atoms. The Bertz CT molecular complexity index is 716. The molecule has 108 valence electrons. The average Bonchev–Trinajstić information content (AvgIpc) is 2.39. The van der Waals surface area contributed by atoms with Crippen molar-refractivity contribution in [2.45, 2.75) is 0 Å². The third kappa shape index (κ3) is 3.80. The maximum absolute atomic E-state index is 13.2. The summed E-state index contributed by atoms with van der Waals surface area (Å²) >= 11 is 9.00. The quantitative estimate of drug-likeness (QED) is 0.849. The van der Waals surface area contributed by atoms with Crippen LogP contribution in [0.1, 0.15) is 20.7 Å². The van der Waals surface area contributed by atoms with Crippen molar-refractivity contribution in [3.63, 3.8) is 0 Å². The Morgan fingerprint density at radius 3 is 2.43 bits per heavy atom. The molecule has 2 rings (SSSR count). The fourth-order valence-corrected chi connectivity index (χ4v) is 2.32. The molecule has 21 heavy (non-hydrogen) atoms. The van der Waals surface area contributed by atoms with Gasteiger partial charge < -0.3 is 10.4 Å². The lowest BCUT2D eigenvalue weighted by Crippen LogP contribution is -2.13. The standard InChI is InChI=1S/C14H8BrClFNO3/c15-9-3-8(4-10(17)6-9)13(19)18-12-2-1-7(14(20)21)5-11(12)16/h1-6H,(H,18,19)(H,20,21). The van der Waals surface area contributed by atoms with Crippen molar-refractivity contribution in [2.75, 3.05) is 5.32 Å². The number of carboxylic acid groups (broad SMARTS) is 1. The zero-order valence-electron chi connectivity index (χ0n) is 10.4. The molecular formula is C14H8BrClFNO3. The number of hydrogen-bond donors (Lipinski definition) is 2. The number of carboxylic acids is 1. The van der Waals surface area contributed by atoms with Gasteiger partial charge in [-0.3, -0.25) is 4.79 Å². The number of aromatic carboxylic acids is 1. The van der Waals surface area contributed by atoms with Gasteiger partial charge in [0.1, 0.15) is 5.82 Å². The third-order valence-electron chi connectivity index (χ3n) is 2.59. The highest BCUT2D eigenvalue weighted by molar-refractivity contribution is 9.10. The number of anilines is 1. The first-order valence-corrected chi connectivity index (χ1v) is 6.84. The molecule has 0 aliphatic carbocycles. The van der Waals surface area contributed by atoms with Crippen LogP contribution in [-0.4, -0.2) is 17.0 Å². The van der Waals surface area contributed by atoms with Crippen molar-refractivity contribution in [1.82, 2.24) is 0 Å². The molecule has 0 fully saturated rings. The molecule has 0 aromatic heterocycles. The van der Waals surface area contributed by atoms with Crippen molar-refractivity contribution < 1.29 is 19.1 Å². The van der Waals surface area contributed by atoms with Gasteiger partial charge in [0.25, 0.3) is 5.91 Å². The molecule has 0 spiro atoms. The third-order valence-corrected chi connectivity index (χ3v) is 3.36. The minimum Gasteiger partial charge on any atom is -0.478 e. The highest BCUT2D eigenvalue weighted by Crippen LogP contribution is 2.24. The first-order chi connectivity index (χ1) is 9.86. The van der Waals surface area contributed by atoms with Gasteiger partial charge in [0, 0.05) is 10.0 Å². The van der Waals surface area contributed by atoms with E-state index in [0.717, 1.165) is 6.07 Å². The molecule has 0 aliphatic rings. The number of carbonyl (C=O) groups excluding carboxylic acids is 1. The van der Waals surface area contributed by atoms with Crippen LogP contribution in [0.5, 0.6) is 0 Å². The zero-order valence-corrected chi connectivity index (χ0v) is 12.7. The number of halogens is 3. The molecule has 0 aliphatic heterocycles. The van der Waals surface area contributed by atoms with Crippen molar-refractivity contribution >= 4 is 45.1 Å². The van der Waals surface area contributed by atoms with Crippen LogP contribution in [0.4, 0.5) is 10.1 Å². The molecule has 0 heterocycles. The molecular weight excluding hydrogens is 365 g/mol. The van der Waals surface area contributed by atoms with Gasteiger partial charge in [-0.2, -0.15) is 0 Å². The predicted octanol–water partition coefficient (Wildman–Crippen LogP) is 4.19. The van der Waals surface area contributed by atoms with E-state index in [4.69, 9.17) is 16.7 Å². The summed E-state index contributed by atoms with van der Waals surface area (Å²) in [5, 5.41) is 11.4. The van der Waals surface area contributed by atoms with Gasteiger partial charge in [-0.25, -0.2) is 9.18 Å². The van der Waals surface area contributed by atoms with Crippen LogP contribution in [-0.2, 0) is 0 Å². The van der Waals surface area contributed by atoms with Gasteiger partial charge in [0.05, 0.1) is 16.3 Å². The molecule has 2 aromatic rings. The maximum atomic E-state index is 13.2. The minimum atomic E-state index is -1.12. The molecule has 0 radical (unpaired) electrons. The van der Waals surface area contributed by atoms with E-state index in [1.165, 1.54) is 30.3 Å². The predicted molar refractivity (Wildman–Crippen MR) is 80.5 cm³/mol. The van der Waals surface area contributed by atoms with Crippen LogP contribution < -0.4 is 5.32 Å². The number of benzene rings is 2. The molecule has 0 atom stereocenters. The second kappa shape index (κ2) is 6.24. The fourth-order valence-electron chi connectivity index (χ4n) is 1.63. The number of amides is 1. The largest absolute Gasteiger partial charge is 0.478 e. The van der Waals surface area contributed by atoms with Crippen LogP contribution in [0.2, 0.25) is 5.02 Å². The number of nitrogens with one attached hydrogen (secondary N) is 1. The first kappa shape index (κ1) is 15.5. The van der Waals surface area contributed by atoms with E-state index in [1.807, 2.05) is 0 Å². The van der Waals surface area contributed by atoms with Crippen LogP contribution >= 0.6 is 27.5 Å². The Labute approximate surface area is 132 Å². The number of rotatable bonds is 3. The summed E-state index contributed by atoms with van der Waals surface area (Å²) in [5.74, 6) is -2.23. The summed E-state index contributed by atoms with van der Waals surface area (Å²) in [6, 6.07) is 7.67. The molecule has 2 N–H and O–H groups in total. The molecule has 0 unspecified atom stereocenters. The molecule has 0 saturated heterocycles. The Balaban J connectivity index is 2.25. The van der Waals surface area contributed by atoms with Gasteiger partial charge >= 0.3 is 5.97 Å². The fraction of sp³-hybridized carbons (Fsp3) is 0. The van der Waals surface area contributed by atoms with Crippen molar-refractivity contribution in [1.29, 1.82) is 0 Å². The summed E-state index contributed by atoms with van der Waals surface area (Å²) in [5.41, 5.74) is 0.360. The van der Waals surface area contributed by atoms with Crippen LogP contribution in [0.25, 0.3) is 0 Å².